The number of para-hydroxylation sites is 1. The van der Waals surface area contributed by atoms with E-state index in [1.54, 1.807) is 54.6 Å². The summed E-state index contributed by atoms with van der Waals surface area (Å²) in [6.07, 6.45) is 1.49. The van der Waals surface area contributed by atoms with Crippen LogP contribution < -0.4 is 15.2 Å². The van der Waals surface area contributed by atoms with Crippen molar-refractivity contribution >= 4 is 45.5 Å². The van der Waals surface area contributed by atoms with Crippen LogP contribution in [0.25, 0.3) is 6.08 Å². The van der Waals surface area contributed by atoms with E-state index in [2.05, 4.69) is 21.4 Å². The number of hydrazine groups is 1. The van der Waals surface area contributed by atoms with E-state index in [1.165, 1.54) is 23.2 Å². The van der Waals surface area contributed by atoms with Crippen LogP contribution in [0.1, 0.15) is 21.5 Å². The molecule has 0 radical (unpaired) electrons. The third-order valence-corrected chi connectivity index (χ3v) is 5.27. The third-order valence-electron chi connectivity index (χ3n) is 4.77. The first-order valence-corrected chi connectivity index (χ1v) is 10.4. The smallest absolute Gasteiger partial charge is 0.335 e. The molecule has 8 heteroatoms. The van der Waals surface area contributed by atoms with Crippen LogP contribution >= 0.6 is 15.9 Å². The van der Waals surface area contributed by atoms with Gasteiger partial charge in [0.25, 0.3) is 11.8 Å². The van der Waals surface area contributed by atoms with Crippen molar-refractivity contribution in [2.24, 2.45) is 0 Å². The first-order chi connectivity index (χ1) is 15.4. The second-order valence-electron chi connectivity index (χ2n) is 6.95. The number of anilines is 1. The Balaban J connectivity index is 1.58. The highest BCUT2D eigenvalue weighted by Gasteiger charge is 2.34. The van der Waals surface area contributed by atoms with Crippen LogP contribution in [0.3, 0.4) is 0 Å². The van der Waals surface area contributed by atoms with Crippen molar-refractivity contribution < 1.29 is 24.2 Å². The van der Waals surface area contributed by atoms with Crippen molar-refractivity contribution in [1.29, 1.82) is 0 Å². The van der Waals surface area contributed by atoms with Gasteiger partial charge in [0, 0.05) is 10.0 Å². The fourth-order valence-corrected chi connectivity index (χ4v) is 3.52. The van der Waals surface area contributed by atoms with Crippen LogP contribution in [0.4, 0.5) is 5.69 Å². The molecule has 0 unspecified atom stereocenters. The Labute approximate surface area is 192 Å². The first kappa shape index (κ1) is 21.3. The van der Waals surface area contributed by atoms with Crippen molar-refractivity contribution in [3.63, 3.8) is 0 Å². The lowest BCUT2D eigenvalue weighted by atomic mass is 10.1. The van der Waals surface area contributed by atoms with E-state index >= 15 is 0 Å². The second-order valence-corrected chi connectivity index (χ2v) is 7.86. The Morgan fingerprint density at radius 2 is 1.75 bits per heavy atom. The number of nitrogens with one attached hydrogen (secondary N) is 1. The van der Waals surface area contributed by atoms with Crippen molar-refractivity contribution in [3.8, 4) is 5.75 Å². The Morgan fingerprint density at radius 1 is 1.03 bits per heavy atom. The van der Waals surface area contributed by atoms with Crippen LogP contribution in [0.2, 0.25) is 0 Å². The van der Waals surface area contributed by atoms with Gasteiger partial charge < -0.3 is 9.84 Å². The number of hydrogen-bond donors (Lipinski definition) is 2. The summed E-state index contributed by atoms with van der Waals surface area (Å²) in [5, 5.41) is 10.2. The van der Waals surface area contributed by atoms with E-state index in [1.807, 2.05) is 6.07 Å². The molecule has 1 aliphatic rings. The molecular formula is C24H17BrN2O5. The minimum Gasteiger partial charge on any atom is -0.488 e. The lowest BCUT2D eigenvalue weighted by Gasteiger charge is -2.14. The number of carboxylic acid groups (broad SMARTS) is 1. The van der Waals surface area contributed by atoms with Crippen molar-refractivity contribution in [2.75, 3.05) is 5.01 Å². The van der Waals surface area contributed by atoms with Gasteiger partial charge in [-0.3, -0.25) is 15.0 Å². The topological polar surface area (TPSA) is 95.9 Å². The highest BCUT2D eigenvalue weighted by Crippen LogP contribution is 2.28. The lowest BCUT2D eigenvalue weighted by molar-refractivity contribution is -0.117. The number of hydrogen-bond acceptors (Lipinski definition) is 4. The molecule has 7 nitrogen and oxygen atoms in total. The van der Waals surface area contributed by atoms with Crippen LogP contribution in [0, 0.1) is 0 Å². The number of benzene rings is 3. The largest absolute Gasteiger partial charge is 0.488 e. The fraction of sp³-hybridized carbons (Fsp3) is 0.0417. The zero-order valence-electron chi connectivity index (χ0n) is 16.6. The number of halogens is 1. The number of ether oxygens (including phenoxy) is 1. The van der Waals surface area contributed by atoms with E-state index in [0.717, 1.165) is 10.0 Å². The zero-order chi connectivity index (χ0) is 22.7. The van der Waals surface area contributed by atoms with Gasteiger partial charge in [0.15, 0.2) is 0 Å². The summed E-state index contributed by atoms with van der Waals surface area (Å²) in [4.78, 5) is 36.3. The molecule has 0 saturated carbocycles. The first-order valence-electron chi connectivity index (χ1n) is 9.59. The number of nitrogens with zero attached hydrogens (tertiary/aromatic N) is 1. The number of amides is 2. The molecular weight excluding hydrogens is 476 g/mol. The molecule has 3 aromatic rings. The number of carbonyl (C=O) groups is 3. The summed E-state index contributed by atoms with van der Waals surface area (Å²) in [5.41, 5.74) is 4.64. The SMILES string of the molecule is O=C1NN(c2ccccc2)C(=O)/C1=C\c1cc(Br)ccc1OCc1ccc(C(=O)O)cc1. The molecule has 0 atom stereocenters. The van der Waals surface area contributed by atoms with Crippen LogP contribution in [0.15, 0.2) is 82.8 Å². The molecule has 1 heterocycles. The molecule has 2 amide bonds. The van der Waals surface area contributed by atoms with E-state index in [-0.39, 0.29) is 17.7 Å². The summed E-state index contributed by atoms with van der Waals surface area (Å²) in [6, 6.07) is 20.5. The minimum atomic E-state index is -0.997. The van der Waals surface area contributed by atoms with E-state index < -0.39 is 17.8 Å². The average molecular weight is 493 g/mol. The number of carboxylic acids is 1. The predicted octanol–water partition coefficient (Wildman–Crippen LogP) is 4.19. The van der Waals surface area contributed by atoms with Gasteiger partial charge in [-0.05, 0) is 54.1 Å². The Hall–Kier alpha value is -3.91. The standard InChI is InChI=1S/C24H17BrN2O5/c25-18-10-11-21(32-14-15-6-8-16(9-7-15)24(30)31)17(12-18)13-20-22(28)26-27(23(20)29)19-4-2-1-3-5-19/h1-13H,14H2,(H,26,28)(H,30,31)/b20-13-. The molecule has 1 fully saturated rings. The van der Waals surface area contributed by atoms with Gasteiger partial charge in [-0.25, -0.2) is 9.80 Å². The van der Waals surface area contributed by atoms with Gasteiger partial charge in [0.1, 0.15) is 17.9 Å². The Kier molecular flexibility index (Phi) is 6.04. The molecule has 0 aromatic heterocycles. The normalized spacial score (nSPS) is 14.5. The zero-order valence-corrected chi connectivity index (χ0v) is 18.2. The highest BCUT2D eigenvalue weighted by molar-refractivity contribution is 9.10. The molecule has 1 saturated heterocycles. The molecule has 1 aliphatic heterocycles. The summed E-state index contributed by atoms with van der Waals surface area (Å²) < 4.78 is 6.66. The monoisotopic (exact) mass is 492 g/mol. The van der Waals surface area contributed by atoms with Crippen molar-refractivity contribution in [1.82, 2.24) is 5.43 Å². The number of rotatable bonds is 6. The van der Waals surface area contributed by atoms with E-state index in [9.17, 15) is 14.4 Å². The number of carbonyl (C=O) groups excluding carboxylic acids is 2. The molecule has 32 heavy (non-hydrogen) atoms. The fourth-order valence-electron chi connectivity index (χ4n) is 3.14. The quantitative estimate of drug-likeness (QED) is 0.397. The maximum Gasteiger partial charge on any atom is 0.335 e. The van der Waals surface area contributed by atoms with Crippen molar-refractivity contribution in [3.05, 3.63) is 99.5 Å². The molecule has 0 spiro atoms. The molecule has 3 aromatic carbocycles. The van der Waals surface area contributed by atoms with Gasteiger partial charge >= 0.3 is 5.97 Å². The highest BCUT2D eigenvalue weighted by atomic mass is 79.9. The second kappa shape index (κ2) is 9.07. The van der Waals surface area contributed by atoms with Crippen LogP contribution in [0.5, 0.6) is 5.75 Å². The lowest BCUT2D eigenvalue weighted by Crippen LogP contribution is -2.35. The van der Waals surface area contributed by atoms with Crippen molar-refractivity contribution in [2.45, 2.75) is 6.61 Å². The third kappa shape index (κ3) is 4.55. The summed E-state index contributed by atoms with van der Waals surface area (Å²) >= 11 is 3.41. The molecule has 4 rings (SSSR count). The maximum absolute atomic E-state index is 12.9. The molecule has 160 valence electrons. The van der Waals surface area contributed by atoms with Gasteiger partial charge in [0.2, 0.25) is 0 Å². The van der Waals surface area contributed by atoms with Gasteiger partial charge in [0.05, 0.1) is 11.3 Å². The van der Waals surface area contributed by atoms with Crippen LogP contribution in [-0.4, -0.2) is 22.9 Å². The molecule has 0 aliphatic carbocycles. The average Bonchev–Trinajstić information content (AvgIpc) is 3.08. The Bertz CT molecular complexity index is 1220. The van der Waals surface area contributed by atoms with Gasteiger partial charge in [-0.2, -0.15) is 0 Å². The van der Waals surface area contributed by atoms with Crippen LogP contribution in [-0.2, 0) is 16.2 Å². The molecule has 0 bridgehead atoms. The van der Waals surface area contributed by atoms with Gasteiger partial charge in [-0.1, -0.05) is 46.3 Å². The maximum atomic E-state index is 12.9. The van der Waals surface area contributed by atoms with E-state index in [4.69, 9.17) is 9.84 Å². The number of aromatic carboxylic acids is 1. The molecule has 2 N–H and O–H groups in total. The minimum absolute atomic E-state index is 0.0115. The summed E-state index contributed by atoms with van der Waals surface area (Å²) in [5.74, 6) is -1.49. The van der Waals surface area contributed by atoms with E-state index in [0.29, 0.717) is 17.0 Å². The summed E-state index contributed by atoms with van der Waals surface area (Å²) in [6.45, 7) is 0.188. The summed E-state index contributed by atoms with van der Waals surface area (Å²) in [7, 11) is 0. The van der Waals surface area contributed by atoms with Gasteiger partial charge in [-0.15, -0.1) is 0 Å². The Morgan fingerprint density at radius 3 is 2.44 bits per heavy atom. The predicted molar refractivity (Wildman–Crippen MR) is 122 cm³/mol.